The summed E-state index contributed by atoms with van der Waals surface area (Å²) < 4.78 is 0. The highest BCUT2D eigenvalue weighted by Gasteiger charge is 2.26. The number of benzene rings is 2. The van der Waals surface area contributed by atoms with Crippen LogP contribution >= 0.6 is 50.9 Å². The van der Waals surface area contributed by atoms with Crippen LogP contribution in [0.25, 0.3) is 0 Å². The number of anilines is 1. The van der Waals surface area contributed by atoms with Gasteiger partial charge in [-0.15, -0.1) is 50.9 Å². The molecule has 8 heteroatoms. The maximum Gasteiger partial charge on any atom is 0.157 e. The predicted octanol–water partition coefficient (Wildman–Crippen LogP) is 5.22. The van der Waals surface area contributed by atoms with Crippen LogP contribution in [0.15, 0.2) is 42.5 Å². The molecule has 0 radical (unpaired) electrons. The lowest BCUT2D eigenvalue weighted by molar-refractivity contribution is 0.145. The fourth-order valence-electron chi connectivity index (χ4n) is 4.98. The first-order valence-electron chi connectivity index (χ1n) is 11.4. The quantitative estimate of drug-likeness (QED) is 0.402. The van der Waals surface area contributed by atoms with Crippen LogP contribution in [0.1, 0.15) is 30.9 Å². The number of nitrogens with zero attached hydrogens (tertiary/aromatic N) is 3. The molecule has 1 aliphatic carbocycles. The van der Waals surface area contributed by atoms with E-state index in [-0.39, 0.29) is 62.4 Å². The molecule has 1 saturated heterocycles. The molecule has 0 amide bonds. The fourth-order valence-corrected chi connectivity index (χ4v) is 4.98. The van der Waals surface area contributed by atoms with Crippen LogP contribution in [0.5, 0.6) is 11.5 Å². The monoisotopic (exact) mass is 649 g/mol. The molecule has 1 aliphatic heterocycles. The Hall–Kier alpha value is -0.800. The van der Waals surface area contributed by atoms with E-state index in [1.807, 2.05) is 0 Å². The van der Waals surface area contributed by atoms with Gasteiger partial charge in [-0.05, 0) is 67.6 Å². The van der Waals surface area contributed by atoms with Crippen molar-refractivity contribution in [3.63, 3.8) is 0 Å². The molecule has 5 nitrogen and oxygen atoms in total. The van der Waals surface area contributed by atoms with Crippen molar-refractivity contribution < 1.29 is 10.2 Å². The topological polar surface area (TPSA) is 50.2 Å². The van der Waals surface area contributed by atoms with Gasteiger partial charge in [0.2, 0.25) is 0 Å². The number of hydrogen-bond donors (Lipinski definition) is 2. The second-order valence-electron chi connectivity index (χ2n) is 8.71. The van der Waals surface area contributed by atoms with Crippen molar-refractivity contribution in [1.29, 1.82) is 0 Å². The maximum absolute atomic E-state index is 9.91. The summed E-state index contributed by atoms with van der Waals surface area (Å²) in [5.74, 6) is 0.0139. The van der Waals surface area contributed by atoms with E-state index in [0.29, 0.717) is 6.04 Å². The van der Waals surface area contributed by atoms with Crippen LogP contribution < -0.4 is 4.90 Å². The molecule has 0 spiro atoms. The lowest BCUT2D eigenvalue weighted by Gasteiger charge is -2.39. The Balaban J connectivity index is 0.00000181. The van der Waals surface area contributed by atoms with Crippen molar-refractivity contribution in [2.24, 2.45) is 0 Å². The molecule has 0 saturated carbocycles. The number of para-hydroxylation sites is 1. The molecule has 1 heterocycles. The van der Waals surface area contributed by atoms with Crippen LogP contribution in [-0.2, 0) is 12.8 Å². The van der Waals surface area contributed by atoms with Gasteiger partial charge in [-0.25, -0.2) is 0 Å². The van der Waals surface area contributed by atoms with Gasteiger partial charge in [0, 0.05) is 51.0 Å². The molecule has 1 atom stereocenters. The Kier molecular flexibility index (Phi) is 13.3. The predicted molar refractivity (Wildman–Crippen MR) is 154 cm³/mol. The minimum absolute atomic E-state index is 0. The van der Waals surface area contributed by atoms with E-state index in [4.69, 9.17) is 0 Å². The first kappa shape index (κ1) is 30.2. The summed E-state index contributed by atoms with van der Waals surface area (Å²) in [7, 11) is 0. The van der Waals surface area contributed by atoms with Gasteiger partial charge < -0.3 is 15.1 Å². The van der Waals surface area contributed by atoms with Crippen LogP contribution in [0.3, 0.4) is 0 Å². The number of fused-ring (bicyclic) bond motifs is 1. The number of hydrogen-bond acceptors (Lipinski definition) is 5. The summed E-state index contributed by atoms with van der Waals surface area (Å²) in [6, 6.07) is 14.8. The van der Waals surface area contributed by atoms with Gasteiger partial charge in [-0.3, -0.25) is 9.80 Å². The maximum atomic E-state index is 9.91. The number of halogens is 3. The molecule has 0 aromatic heterocycles. The highest BCUT2D eigenvalue weighted by molar-refractivity contribution is 8.93. The molecule has 1 fully saturated rings. The lowest BCUT2D eigenvalue weighted by atomic mass is 9.87. The molecule has 33 heavy (non-hydrogen) atoms. The molecule has 2 N–H and O–H groups in total. The van der Waals surface area contributed by atoms with Gasteiger partial charge >= 0.3 is 0 Å². The van der Waals surface area contributed by atoms with E-state index in [2.05, 4.69) is 52.0 Å². The third kappa shape index (κ3) is 7.85. The van der Waals surface area contributed by atoms with Crippen LogP contribution in [0.4, 0.5) is 5.69 Å². The van der Waals surface area contributed by atoms with Crippen LogP contribution in [0, 0.1) is 0 Å². The Bertz CT molecular complexity index is 833. The zero-order valence-electron chi connectivity index (χ0n) is 19.4. The molecular weight excluding hydrogens is 614 g/mol. The zero-order chi connectivity index (χ0) is 20.9. The lowest BCUT2D eigenvalue weighted by Crippen LogP contribution is -2.50. The largest absolute Gasteiger partial charge is 0.504 e. The van der Waals surface area contributed by atoms with Gasteiger partial charge in [-0.1, -0.05) is 25.1 Å². The van der Waals surface area contributed by atoms with Crippen LogP contribution in [-0.4, -0.2) is 71.9 Å². The molecule has 186 valence electrons. The Labute approximate surface area is 230 Å². The van der Waals surface area contributed by atoms with Crippen LogP contribution in [0.2, 0.25) is 0 Å². The highest BCUT2D eigenvalue weighted by atomic mass is 79.9. The summed E-state index contributed by atoms with van der Waals surface area (Å²) >= 11 is 0. The van der Waals surface area contributed by atoms with E-state index in [1.165, 1.54) is 16.8 Å². The zero-order valence-corrected chi connectivity index (χ0v) is 24.5. The van der Waals surface area contributed by atoms with Crippen molar-refractivity contribution in [1.82, 2.24) is 9.80 Å². The number of rotatable bonds is 7. The SMILES string of the molecule is Br.Br.Br.CCCN(CCN1CCN(c2ccccc2)CC1)C1CCc2cc(O)c(O)cc2C1. The number of aryl methyl sites for hydroxylation is 1. The molecule has 2 aromatic carbocycles. The van der Waals surface area contributed by atoms with Crippen molar-refractivity contribution in [3.05, 3.63) is 53.6 Å². The average Bonchev–Trinajstić information content (AvgIpc) is 2.78. The number of piperazine rings is 1. The van der Waals surface area contributed by atoms with Crippen molar-refractivity contribution in [3.8, 4) is 11.5 Å². The summed E-state index contributed by atoms with van der Waals surface area (Å²) in [6.45, 7) is 10.0. The molecule has 0 bridgehead atoms. The van der Waals surface area contributed by atoms with Gasteiger partial charge in [0.1, 0.15) is 0 Å². The first-order valence-corrected chi connectivity index (χ1v) is 11.4. The van der Waals surface area contributed by atoms with E-state index in [0.717, 1.165) is 71.5 Å². The smallest absolute Gasteiger partial charge is 0.157 e. The fraction of sp³-hybridized carbons (Fsp3) is 0.520. The van der Waals surface area contributed by atoms with Gasteiger partial charge in [0.15, 0.2) is 11.5 Å². The van der Waals surface area contributed by atoms with Gasteiger partial charge in [0.25, 0.3) is 0 Å². The highest BCUT2D eigenvalue weighted by Crippen LogP contribution is 2.33. The van der Waals surface area contributed by atoms with Crippen molar-refractivity contribution in [2.45, 2.75) is 38.6 Å². The summed E-state index contributed by atoms with van der Waals surface area (Å²) in [6.07, 6.45) is 4.22. The Morgan fingerprint density at radius 1 is 0.879 bits per heavy atom. The number of phenolic OH excluding ortho intramolecular Hbond substituents is 2. The first-order chi connectivity index (χ1) is 14.6. The normalized spacial score (nSPS) is 18.0. The number of aromatic hydroxyl groups is 2. The van der Waals surface area contributed by atoms with E-state index in [1.54, 1.807) is 12.1 Å². The molecule has 2 aromatic rings. The standard InChI is InChI=1S/C25H35N3O2.3BrH/c1-2-10-27(23-9-8-20-18-24(29)25(30)19-21(20)17-23)14-11-26-12-15-28(16-13-26)22-6-4-3-5-7-22;;;/h3-7,18-19,23,29-30H,2,8-17H2,1H3;3*1H. The molecular formula is C25H38Br3N3O2. The molecule has 1 unspecified atom stereocenters. The molecule has 4 rings (SSSR count). The molecule has 2 aliphatic rings. The van der Waals surface area contributed by atoms with E-state index < -0.39 is 0 Å². The summed E-state index contributed by atoms with van der Waals surface area (Å²) in [5, 5.41) is 19.7. The van der Waals surface area contributed by atoms with E-state index in [9.17, 15) is 10.2 Å². The summed E-state index contributed by atoms with van der Waals surface area (Å²) in [4.78, 5) is 7.74. The van der Waals surface area contributed by atoms with Crippen molar-refractivity contribution in [2.75, 3.05) is 50.7 Å². The number of phenols is 2. The minimum Gasteiger partial charge on any atom is -0.504 e. The minimum atomic E-state index is 0. The van der Waals surface area contributed by atoms with Gasteiger partial charge in [0.05, 0.1) is 0 Å². The second-order valence-corrected chi connectivity index (χ2v) is 8.71. The second kappa shape index (κ2) is 14.6. The Morgan fingerprint density at radius 2 is 1.52 bits per heavy atom. The van der Waals surface area contributed by atoms with E-state index >= 15 is 0 Å². The third-order valence-electron chi connectivity index (χ3n) is 6.72. The average molecular weight is 652 g/mol. The summed E-state index contributed by atoms with van der Waals surface area (Å²) in [5.41, 5.74) is 3.72. The van der Waals surface area contributed by atoms with Crippen molar-refractivity contribution >= 4 is 56.6 Å². The van der Waals surface area contributed by atoms with Gasteiger partial charge in [-0.2, -0.15) is 0 Å². The third-order valence-corrected chi connectivity index (χ3v) is 6.72. The Morgan fingerprint density at radius 3 is 2.15 bits per heavy atom.